The lowest BCUT2D eigenvalue weighted by Gasteiger charge is -2.41. The number of rotatable bonds is 10. The summed E-state index contributed by atoms with van der Waals surface area (Å²) in [5.41, 5.74) is 0. The van der Waals surface area contributed by atoms with Crippen molar-refractivity contribution in [3.8, 4) is 0 Å². The average molecular weight is 704 g/mol. The predicted octanol–water partition coefficient (Wildman–Crippen LogP) is 11.1. The minimum absolute atomic E-state index is 0.651. The summed E-state index contributed by atoms with van der Waals surface area (Å²) >= 11 is 16.7. The Balaban J connectivity index is 1.40. The summed E-state index contributed by atoms with van der Waals surface area (Å²) in [6.07, 6.45) is 22.8. The minimum Gasteiger partial charge on any atom is -0.0875 e. The van der Waals surface area contributed by atoms with Crippen LogP contribution in [0.2, 0.25) is 0 Å². The van der Waals surface area contributed by atoms with Crippen LogP contribution in [0.15, 0.2) is 0 Å². The second-order valence-electron chi connectivity index (χ2n) is 11.6. The second-order valence-corrected chi connectivity index (χ2v) is 15.8. The summed E-state index contributed by atoms with van der Waals surface area (Å²) in [7, 11) is 0. The zero-order valence-electron chi connectivity index (χ0n) is 20.6. The van der Waals surface area contributed by atoms with Crippen molar-refractivity contribution in [1.82, 2.24) is 0 Å². The van der Waals surface area contributed by atoms with Crippen molar-refractivity contribution in [2.24, 2.45) is 35.5 Å². The third kappa shape index (κ3) is 7.96. The molecule has 0 aliphatic heterocycles. The zero-order chi connectivity index (χ0) is 23.1. The lowest BCUT2D eigenvalue weighted by molar-refractivity contribution is 0.212. The van der Waals surface area contributed by atoms with Crippen molar-refractivity contribution in [2.45, 2.75) is 136 Å². The number of hydrogen-bond donors (Lipinski definition) is 0. The van der Waals surface area contributed by atoms with Gasteiger partial charge in [-0.15, -0.1) is 0 Å². The first kappa shape index (κ1) is 28.5. The Kier molecular flexibility index (Phi) is 13.0. The number of hydrogen-bond acceptors (Lipinski definition) is 0. The van der Waals surface area contributed by atoms with Gasteiger partial charge in [0, 0.05) is 19.3 Å². The van der Waals surface area contributed by atoms with Gasteiger partial charge in [-0.2, -0.15) is 0 Å². The highest BCUT2D eigenvalue weighted by Crippen LogP contribution is 2.46. The van der Waals surface area contributed by atoms with Gasteiger partial charge in [-0.05, 0) is 86.9 Å². The van der Waals surface area contributed by atoms with Gasteiger partial charge < -0.3 is 0 Å². The highest BCUT2D eigenvalue weighted by molar-refractivity contribution is 9.12. The summed E-state index contributed by atoms with van der Waals surface area (Å²) < 4.78 is 0. The molecule has 3 rings (SSSR count). The van der Waals surface area contributed by atoms with Crippen LogP contribution in [0, 0.1) is 35.5 Å². The highest BCUT2D eigenvalue weighted by Gasteiger charge is 2.39. The third-order valence-electron chi connectivity index (χ3n) is 9.40. The fraction of sp³-hybridized carbons (Fsp3) is 1.00. The van der Waals surface area contributed by atoms with E-state index in [2.05, 4.69) is 77.6 Å². The zero-order valence-corrected chi connectivity index (χ0v) is 26.9. The smallest absolute Gasteiger partial charge is 0.0302 e. The summed E-state index contributed by atoms with van der Waals surface area (Å²) in [5.74, 6) is 5.47. The van der Waals surface area contributed by atoms with Crippen molar-refractivity contribution in [1.29, 1.82) is 0 Å². The molecule has 0 spiro atoms. The van der Waals surface area contributed by atoms with Gasteiger partial charge in [0.1, 0.15) is 0 Å². The summed E-state index contributed by atoms with van der Waals surface area (Å²) in [6.45, 7) is 4.69. The molecule has 3 fully saturated rings. The first-order chi connectivity index (χ1) is 15.4. The fourth-order valence-corrected chi connectivity index (χ4v) is 11.1. The van der Waals surface area contributed by atoms with Gasteiger partial charge in [-0.25, -0.2) is 0 Å². The third-order valence-corrected chi connectivity index (χ3v) is 16.1. The van der Waals surface area contributed by atoms with Crippen LogP contribution in [0.3, 0.4) is 0 Å². The van der Waals surface area contributed by atoms with Crippen molar-refractivity contribution in [2.75, 3.05) is 0 Å². The molecule has 0 radical (unpaired) electrons. The maximum atomic E-state index is 4.19. The molecule has 0 bridgehead atoms. The molecule has 0 saturated heterocycles. The molecular formula is C28H48Br4. The summed E-state index contributed by atoms with van der Waals surface area (Å²) in [6, 6.07) is 0. The SMILES string of the molecule is CCCC1CCC(C(Br)C(Br)C2CCC(C(Br)C(Br)C3CCC(CCC)CC3)CC2)CC1. The van der Waals surface area contributed by atoms with E-state index >= 15 is 0 Å². The molecule has 0 amide bonds. The van der Waals surface area contributed by atoms with Gasteiger partial charge >= 0.3 is 0 Å². The molecule has 0 aromatic heterocycles. The van der Waals surface area contributed by atoms with Crippen LogP contribution in [0.1, 0.15) is 117 Å². The lowest BCUT2D eigenvalue weighted by atomic mass is 9.73. The summed E-state index contributed by atoms with van der Waals surface area (Å²) in [4.78, 5) is 2.62. The van der Waals surface area contributed by atoms with Gasteiger partial charge in [0.05, 0.1) is 0 Å². The van der Waals surface area contributed by atoms with Crippen molar-refractivity contribution in [3.63, 3.8) is 0 Å². The van der Waals surface area contributed by atoms with Crippen LogP contribution in [0.4, 0.5) is 0 Å². The maximum absolute atomic E-state index is 4.19. The number of alkyl halides is 4. The van der Waals surface area contributed by atoms with Crippen LogP contribution in [0.25, 0.3) is 0 Å². The first-order valence-electron chi connectivity index (χ1n) is 14.0. The Hall–Kier alpha value is 1.92. The van der Waals surface area contributed by atoms with E-state index in [0.717, 1.165) is 35.5 Å². The molecule has 0 heterocycles. The molecule has 0 aromatic carbocycles. The van der Waals surface area contributed by atoms with Gasteiger partial charge in [0.15, 0.2) is 0 Å². The molecule has 0 nitrogen and oxygen atoms in total. The van der Waals surface area contributed by atoms with Crippen molar-refractivity contribution >= 4 is 63.7 Å². The number of halogens is 4. The van der Waals surface area contributed by atoms with E-state index in [1.54, 1.807) is 0 Å². The topological polar surface area (TPSA) is 0 Å². The Morgan fingerprint density at radius 2 is 0.656 bits per heavy atom. The van der Waals surface area contributed by atoms with Crippen molar-refractivity contribution < 1.29 is 0 Å². The fourth-order valence-electron chi connectivity index (χ4n) is 7.23. The molecule has 32 heavy (non-hydrogen) atoms. The van der Waals surface area contributed by atoms with Crippen molar-refractivity contribution in [3.05, 3.63) is 0 Å². The maximum Gasteiger partial charge on any atom is 0.0302 e. The lowest BCUT2D eigenvalue weighted by Crippen LogP contribution is -2.38. The van der Waals surface area contributed by atoms with Crippen LogP contribution in [-0.2, 0) is 0 Å². The van der Waals surface area contributed by atoms with E-state index in [4.69, 9.17) is 0 Å². The van der Waals surface area contributed by atoms with Gasteiger partial charge in [-0.3, -0.25) is 0 Å². The first-order valence-corrected chi connectivity index (χ1v) is 17.7. The van der Waals surface area contributed by atoms with E-state index in [0.29, 0.717) is 19.3 Å². The minimum atomic E-state index is 0.651. The van der Waals surface area contributed by atoms with E-state index in [1.165, 1.54) is 103 Å². The molecule has 0 aromatic rings. The van der Waals surface area contributed by atoms with Crippen LogP contribution >= 0.6 is 63.7 Å². The molecule has 3 aliphatic rings. The predicted molar refractivity (Wildman–Crippen MR) is 157 cm³/mol. The monoisotopic (exact) mass is 700 g/mol. The van der Waals surface area contributed by atoms with E-state index < -0.39 is 0 Å². The normalized spacial score (nSPS) is 38.1. The molecule has 3 aliphatic carbocycles. The molecule has 4 heteroatoms. The van der Waals surface area contributed by atoms with Gasteiger partial charge in [-0.1, -0.05) is 129 Å². The molecule has 188 valence electrons. The van der Waals surface area contributed by atoms with Crippen LogP contribution in [0.5, 0.6) is 0 Å². The Morgan fingerprint density at radius 3 is 0.875 bits per heavy atom. The Morgan fingerprint density at radius 1 is 0.438 bits per heavy atom. The van der Waals surface area contributed by atoms with Crippen LogP contribution in [-0.4, -0.2) is 19.3 Å². The molecule has 4 unspecified atom stereocenters. The van der Waals surface area contributed by atoms with Gasteiger partial charge in [0.25, 0.3) is 0 Å². The Labute approximate surface area is 233 Å². The quantitative estimate of drug-likeness (QED) is 0.199. The second kappa shape index (κ2) is 14.6. The van der Waals surface area contributed by atoms with E-state index in [1.807, 2.05) is 0 Å². The molecular weight excluding hydrogens is 656 g/mol. The molecule has 3 saturated carbocycles. The molecule has 4 atom stereocenters. The average Bonchev–Trinajstić information content (AvgIpc) is 2.84. The van der Waals surface area contributed by atoms with E-state index in [-0.39, 0.29) is 0 Å². The standard InChI is InChI=1S/C28H48Br4/c1-3-5-19-7-11-21(12-8-19)25(29)27(31)23-15-17-24(18-16-23)28(32)26(30)22-13-9-20(6-4-2)10-14-22/h19-28H,3-18H2,1-2H3. The largest absolute Gasteiger partial charge is 0.0875 e. The highest BCUT2D eigenvalue weighted by atomic mass is 79.9. The molecule has 0 N–H and O–H groups in total. The summed E-state index contributed by atoms with van der Waals surface area (Å²) in [5, 5.41) is 0. The van der Waals surface area contributed by atoms with E-state index in [9.17, 15) is 0 Å². The Bertz CT molecular complexity index is 456. The van der Waals surface area contributed by atoms with Gasteiger partial charge in [0.2, 0.25) is 0 Å². The van der Waals surface area contributed by atoms with Crippen LogP contribution < -0.4 is 0 Å².